The van der Waals surface area contributed by atoms with E-state index in [1.807, 2.05) is 24.3 Å². The first-order chi connectivity index (χ1) is 15.2. The van der Waals surface area contributed by atoms with E-state index in [9.17, 15) is 4.79 Å². The molecule has 0 bridgehead atoms. The molecule has 0 aliphatic carbocycles. The predicted octanol–water partition coefficient (Wildman–Crippen LogP) is 5.01. The minimum atomic E-state index is -0.0696. The molecule has 0 saturated heterocycles. The summed E-state index contributed by atoms with van der Waals surface area (Å²) in [5.41, 5.74) is 5.93. The number of fused-ring (bicyclic) bond motifs is 1. The van der Waals surface area contributed by atoms with Crippen molar-refractivity contribution in [3.8, 4) is 5.75 Å². The van der Waals surface area contributed by atoms with E-state index in [1.54, 1.807) is 0 Å². The summed E-state index contributed by atoms with van der Waals surface area (Å²) in [5, 5.41) is 2.93. The molecule has 4 rings (SSSR count). The molecule has 0 saturated carbocycles. The zero-order valence-electron chi connectivity index (χ0n) is 18.1. The quantitative estimate of drug-likeness (QED) is 0.527. The molecule has 1 N–H and O–H groups in total. The molecule has 3 aromatic rings. The van der Waals surface area contributed by atoms with Crippen LogP contribution >= 0.6 is 0 Å². The zero-order chi connectivity index (χ0) is 21.5. The highest BCUT2D eigenvalue weighted by molar-refractivity contribution is 5.94. The number of carbonyl (C=O) groups excluding carboxylic acids is 1. The molecule has 0 spiro atoms. The smallest absolute Gasteiger partial charge is 0.251 e. The third kappa shape index (κ3) is 5.46. The van der Waals surface area contributed by atoms with Gasteiger partial charge >= 0.3 is 0 Å². The van der Waals surface area contributed by atoms with Crippen molar-refractivity contribution in [2.45, 2.75) is 32.7 Å². The Morgan fingerprint density at radius 1 is 0.968 bits per heavy atom. The highest BCUT2D eigenvalue weighted by Gasteiger charge is 2.16. The van der Waals surface area contributed by atoms with Crippen molar-refractivity contribution in [1.29, 1.82) is 0 Å². The SMILES string of the molecule is CCc1ccc(OCCNC(=O)c2ccc(CN3CCCc4ccccc43)cc2)cc1. The van der Waals surface area contributed by atoms with Gasteiger partial charge in [-0.15, -0.1) is 0 Å². The van der Waals surface area contributed by atoms with Gasteiger partial charge in [-0.3, -0.25) is 4.79 Å². The number of aryl methyl sites for hydroxylation is 2. The Morgan fingerprint density at radius 3 is 2.48 bits per heavy atom. The van der Waals surface area contributed by atoms with Gasteiger partial charge in [-0.1, -0.05) is 49.4 Å². The van der Waals surface area contributed by atoms with Gasteiger partial charge in [0.2, 0.25) is 0 Å². The molecule has 4 heteroatoms. The van der Waals surface area contributed by atoms with Crippen LogP contribution in [0.2, 0.25) is 0 Å². The molecule has 3 aromatic carbocycles. The average molecular weight is 415 g/mol. The van der Waals surface area contributed by atoms with E-state index < -0.39 is 0 Å². The van der Waals surface area contributed by atoms with E-state index in [0.717, 1.165) is 31.7 Å². The molecule has 1 aliphatic heterocycles. The van der Waals surface area contributed by atoms with Crippen LogP contribution in [0.4, 0.5) is 5.69 Å². The normalized spacial score (nSPS) is 12.9. The number of hydrogen-bond acceptors (Lipinski definition) is 3. The molecule has 1 amide bonds. The molecule has 0 unspecified atom stereocenters. The van der Waals surface area contributed by atoms with Crippen LogP contribution in [0.5, 0.6) is 5.75 Å². The van der Waals surface area contributed by atoms with Crippen LogP contribution in [-0.2, 0) is 19.4 Å². The van der Waals surface area contributed by atoms with Crippen molar-refractivity contribution in [3.05, 3.63) is 95.1 Å². The molecule has 0 radical (unpaired) electrons. The Kier molecular flexibility index (Phi) is 6.88. The lowest BCUT2D eigenvalue weighted by atomic mass is 10.0. The summed E-state index contributed by atoms with van der Waals surface area (Å²) < 4.78 is 5.70. The lowest BCUT2D eigenvalue weighted by molar-refractivity contribution is 0.0947. The molecule has 0 atom stereocenters. The number of carbonyl (C=O) groups is 1. The van der Waals surface area contributed by atoms with Crippen molar-refractivity contribution in [3.63, 3.8) is 0 Å². The zero-order valence-corrected chi connectivity index (χ0v) is 18.1. The number of ether oxygens (including phenoxy) is 1. The van der Waals surface area contributed by atoms with E-state index in [-0.39, 0.29) is 5.91 Å². The Bertz CT molecular complexity index is 997. The summed E-state index contributed by atoms with van der Waals surface area (Å²) in [6, 6.07) is 24.6. The first-order valence-corrected chi connectivity index (χ1v) is 11.1. The first-order valence-electron chi connectivity index (χ1n) is 11.1. The molecule has 0 fully saturated rings. The van der Waals surface area contributed by atoms with Crippen LogP contribution in [0.15, 0.2) is 72.8 Å². The van der Waals surface area contributed by atoms with Crippen LogP contribution in [0.1, 0.15) is 40.4 Å². The summed E-state index contributed by atoms with van der Waals surface area (Å²) in [6.45, 7) is 4.99. The van der Waals surface area contributed by atoms with Crippen molar-refractivity contribution in [2.75, 3.05) is 24.6 Å². The summed E-state index contributed by atoms with van der Waals surface area (Å²) in [7, 11) is 0. The van der Waals surface area contributed by atoms with Gasteiger partial charge in [0.05, 0.1) is 6.54 Å². The minimum absolute atomic E-state index is 0.0696. The summed E-state index contributed by atoms with van der Waals surface area (Å²) in [4.78, 5) is 14.9. The maximum Gasteiger partial charge on any atom is 0.251 e. The van der Waals surface area contributed by atoms with Gasteiger partial charge in [0.1, 0.15) is 12.4 Å². The highest BCUT2D eigenvalue weighted by Crippen LogP contribution is 2.28. The van der Waals surface area contributed by atoms with E-state index in [2.05, 4.69) is 65.7 Å². The Balaban J connectivity index is 1.25. The average Bonchev–Trinajstić information content (AvgIpc) is 2.83. The van der Waals surface area contributed by atoms with Crippen molar-refractivity contribution >= 4 is 11.6 Å². The van der Waals surface area contributed by atoms with Gasteiger partial charge in [-0.05, 0) is 66.3 Å². The number of hydrogen-bond donors (Lipinski definition) is 1. The molecular formula is C27H30N2O2. The second-order valence-corrected chi connectivity index (χ2v) is 7.95. The van der Waals surface area contributed by atoms with Crippen molar-refractivity contribution in [2.24, 2.45) is 0 Å². The fraction of sp³-hybridized carbons (Fsp3) is 0.296. The van der Waals surface area contributed by atoms with Gasteiger partial charge in [0.25, 0.3) is 5.91 Å². The molecule has 160 valence electrons. The third-order valence-electron chi connectivity index (χ3n) is 5.78. The number of para-hydroxylation sites is 1. The number of nitrogens with zero attached hydrogens (tertiary/aromatic N) is 1. The first kappa shape index (κ1) is 21.0. The van der Waals surface area contributed by atoms with Crippen LogP contribution in [0, 0.1) is 0 Å². The summed E-state index contributed by atoms with van der Waals surface area (Å²) in [5.74, 6) is 0.759. The van der Waals surface area contributed by atoms with Gasteiger partial charge in [-0.25, -0.2) is 0 Å². The molecule has 1 heterocycles. The Morgan fingerprint density at radius 2 is 1.71 bits per heavy atom. The maximum absolute atomic E-state index is 12.4. The number of benzene rings is 3. The molecule has 31 heavy (non-hydrogen) atoms. The third-order valence-corrected chi connectivity index (χ3v) is 5.78. The van der Waals surface area contributed by atoms with E-state index in [4.69, 9.17) is 4.74 Å². The molecular weight excluding hydrogens is 384 g/mol. The van der Waals surface area contributed by atoms with E-state index in [0.29, 0.717) is 18.7 Å². The van der Waals surface area contributed by atoms with Gasteiger partial charge in [0, 0.05) is 24.3 Å². The Hall–Kier alpha value is -3.27. The second-order valence-electron chi connectivity index (χ2n) is 7.95. The highest BCUT2D eigenvalue weighted by atomic mass is 16.5. The lowest BCUT2D eigenvalue weighted by Gasteiger charge is -2.31. The fourth-order valence-corrected chi connectivity index (χ4v) is 4.01. The number of amides is 1. The van der Waals surface area contributed by atoms with Crippen LogP contribution in [0.25, 0.3) is 0 Å². The Labute approximate surface area is 184 Å². The maximum atomic E-state index is 12.4. The predicted molar refractivity (Wildman–Crippen MR) is 126 cm³/mol. The summed E-state index contributed by atoms with van der Waals surface area (Å²) >= 11 is 0. The van der Waals surface area contributed by atoms with Crippen molar-refractivity contribution < 1.29 is 9.53 Å². The van der Waals surface area contributed by atoms with E-state index >= 15 is 0 Å². The minimum Gasteiger partial charge on any atom is -0.492 e. The topological polar surface area (TPSA) is 41.6 Å². The number of rotatable bonds is 8. The van der Waals surface area contributed by atoms with Gasteiger partial charge in [-0.2, -0.15) is 0 Å². The van der Waals surface area contributed by atoms with Crippen molar-refractivity contribution in [1.82, 2.24) is 5.32 Å². The molecule has 0 aromatic heterocycles. The molecule has 1 aliphatic rings. The largest absolute Gasteiger partial charge is 0.492 e. The lowest BCUT2D eigenvalue weighted by Crippen LogP contribution is -2.29. The van der Waals surface area contributed by atoms with Crippen LogP contribution in [-0.4, -0.2) is 25.6 Å². The second kappa shape index (κ2) is 10.2. The standard InChI is InChI=1S/C27H30N2O2/c1-2-21-11-15-25(16-12-21)31-19-17-28-27(30)24-13-9-22(10-14-24)20-29-18-5-7-23-6-3-4-8-26(23)29/h3-4,6,8-16H,2,5,7,17-20H2,1H3,(H,28,30). The fourth-order valence-electron chi connectivity index (χ4n) is 4.01. The van der Waals surface area contributed by atoms with Gasteiger partial charge < -0.3 is 15.0 Å². The van der Waals surface area contributed by atoms with Crippen LogP contribution in [0.3, 0.4) is 0 Å². The van der Waals surface area contributed by atoms with Gasteiger partial charge in [0.15, 0.2) is 0 Å². The summed E-state index contributed by atoms with van der Waals surface area (Å²) in [6.07, 6.45) is 3.35. The van der Waals surface area contributed by atoms with Crippen LogP contribution < -0.4 is 15.0 Å². The number of nitrogens with one attached hydrogen (secondary N) is 1. The molecule has 4 nitrogen and oxygen atoms in total. The monoisotopic (exact) mass is 414 g/mol. The number of anilines is 1. The van der Waals surface area contributed by atoms with E-state index in [1.165, 1.54) is 28.8 Å².